The van der Waals surface area contributed by atoms with Crippen LogP contribution in [-0.4, -0.2) is 10.9 Å². The number of carbonyl (C=O) groups excluding carboxylic acids is 1. The number of aromatic nitrogens is 1. The number of H-pyrrole nitrogens is 1. The third-order valence-corrected chi connectivity index (χ3v) is 5.37. The maximum absolute atomic E-state index is 13.0. The average Bonchev–Trinajstić information content (AvgIpc) is 3.26. The summed E-state index contributed by atoms with van der Waals surface area (Å²) in [6, 6.07) is 15.9. The van der Waals surface area contributed by atoms with Crippen LogP contribution in [-0.2, 0) is 10.2 Å². The Kier molecular flexibility index (Phi) is 3.31. The van der Waals surface area contributed by atoms with Crippen LogP contribution in [0.1, 0.15) is 24.1 Å². The molecule has 0 aliphatic heterocycles. The van der Waals surface area contributed by atoms with Crippen LogP contribution in [0.2, 0.25) is 0 Å². The molecule has 1 saturated carbocycles. The summed E-state index contributed by atoms with van der Waals surface area (Å²) >= 11 is 3.49. The average molecular weight is 369 g/mol. The van der Waals surface area contributed by atoms with Crippen LogP contribution in [0, 0.1) is 6.92 Å². The molecule has 1 aromatic heterocycles. The van der Waals surface area contributed by atoms with Crippen LogP contribution in [0.5, 0.6) is 0 Å². The summed E-state index contributed by atoms with van der Waals surface area (Å²) in [6.07, 6.45) is 1.79. The molecule has 0 atom stereocenters. The van der Waals surface area contributed by atoms with E-state index in [2.05, 4.69) is 45.3 Å². The molecule has 1 aliphatic carbocycles. The zero-order chi connectivity index (χ0) is 16.0. The third kappa shape index (κ3) is 2.29. The molecule has 116 valence electrons. The van der Waals surface area contributed by atoms with Gasteiger partial charge in [-0.05, 0) is 59.5 Å². The number of aromatic amines is 1. The van der Waals surface area contributed by atoms with E-state index in [4.69, 9.17) is 0 Å². The summed E-state index contributed by atoms with van der Waals surface area (Å²) in [5.41, 5.74) is 3.75. The lowest BCUT2D eigenvalue weighted by molar-refractivity contribution is -0.118. The molecule has 2 aromatic carbocycles. The fourth-order valence-corrected chi connectivity index (χ4v) is 3.80. The number of hydrogen-bond acceptors (Lipinski definition) is 1. The summed E-state index contributed by atoms with van der Waals surface area (Å²) in [7, 11) is 0. The van der Waals surface area contributed by atoms with E-state index < -0.39 is 5.41 Å². The molecule has 3 nitrogen and oxygen atoms in total. The molecule has 2 N–H and O–H groups in total. The van der Waals surface area contributed by atoms with Crippen molar-refractivity contribution in [2.75, 3.05) is 5.32 Å². The van der Waals surface area contributed by atoms with Crippen molar-refractivity contribution in [2.45, 2.75) is 25.2 Å². The predicted molar refractivity (Wildman–Crippen MR) is 96.7 cm³/mol. The van der Waals surface area contributed by atoms with Gasteiger partial charge in [0.2, 0.25) is 5.91 Å². The molecule has 23 heavy (non-hydrogen) atoms. The minimum Gasteiger partial charge on any atom is -0.358 e. The Labute approximate surface area is 143 Å². The van der Waals surface area contributed by atoms with Gasteiger partial charge in [-0.3, -0.25) is 4.79 Å². The van der Waals surface area contributed by atoms with Gasteiger partial charge in [0, 0.05) is 21.1 Å². The Bertz CT molecular complexity index is 909. The maximum Gasteiger partial charge on any atom is 0.235 e. The Morgan fingerprint density at radius 1 is 1.13 bits per heavy atom. The standard InChI is InChI=1S/C19H17BrN2O/c1-12-17(13-6-2-4-8-15(13)21-12)19(10-11-19)18(23)22-16-9-5-3-7-14(16)20/h2-9,21H,10-11H2,1H3,(H,22,23). The third-order valence-electron chi connectivity index (χ3n) is 4.68. The Morgan fingerprint density at radius 2 is 1.83 bits per heavy atom. The normalized spacial score (nSPS) is 15.6. The van der Waals surface area contributed by atoms with Crippen molar-refractivity contribution in [3.63, 3.8) is 0 Å². The number of halogens is 1. The fraction of sp³-hybridized carbons (Fsp3) is 0.211. The minimum absolute atomic E-state index is 0.0808. The number of aryl methyl sites for hydroxylation is 1. The highest BCUT2D eigenvalue weighted by Gasteiger charge is 2.53. The highest BCUT2D eigenvalue weighted by Crippen LogP contribution is 2.52. The van der Waals surface area contributed by atoms with Gasteiger partial charge in [-0.2, -0.15) is 0 Å². The monoisotopic (exact) mass is 368 g/mol. The number of anilines is 1. The number of amides is 1. The SMILES string of the molecule is Cc1[nH]c2ccccc2c1C1(C(=O)Nc2ccccc2Br)CC1. The van der Waals surface area contributed by atoms with Gasteiger partial charge >= 0.3 is 0 Å². The number of para-hydroxylation sites is 2. The van der Waals surface area contributed by atoms with Gasteiger partial charge in [-0.15, -0.1) is 0 Å². The lowest BCUT2D eigenvalue weighted by atomic mass is 9.92. The molecule has 4 heteroatoms. The van der Waals surface area contributed by atoms with E-state index in [-0.39, 0.29) is 5.91 Å². The minimum atomic E-state index is -0.404. The molecule has 0 unspecified atom stereocenters. The maximum atomic E-state index is 13.0. The van der Waals surface area contributed by atoms with Crippen molar-refractivity contribution >= 4 is 38.4 Å². The molecular weight excluding hydrogens is 352 g/mol. The lowest BCUT2D eigenvalue weighted by Gasteiger charge is -2.17. The molecule has 1 amide bonds. The number of nitrogens with one attached hydrogen (secondary N) is 2. The molecule has 4 rings (SSSR count). The van der Waals surface area contributed by atoms with Gasteiger partial charge in [-0.25, -0.2) is 0 Å². The molecule has 3 aromatic rings. The van der Waals surface area contributed by atoms with Crippen LogP contribution in [0.3, 0.4) is 0 Å². The van der Waals surface area contributed by atoms with Crippen molar-refractivity contribution in [1.82, 2.24) is 4.98 Å². The van der Waals surface area contributed by atoms with Gasteiger partial charge in [0.1, 0.15) is 0 Å². The number of hydrogen-bond donors (Lipinski definition) is 2. The fourth-order valence-electron chi connectivity index (χ4n) is 3.41. The van der Waals surface area contributed by atoms with E-state index in [1.165, 1.54) is 0 Å². The summed E-state index contributed by atoms with van der Waals surface area (Å²) in [4.78, 5) is 16.4. The molecule has 1 fully saturated rings. The van der Waals surface area contributed by atoms with E-state index in [1.807, 2.05) is 36.4 Å². The summed E-state index contributed by atoms with van der Waals surface area (Å²) in [6.45, 7) is 2.06. The zero-order valence-electron chi connectivity index (χ0n) is 12.8. The zero-order valence-corrected chi connectivity index (χ0v) is 14.4. The van der Waals surface area contributed by atoms with Gasteiger partial charge in [0.15, 0.2) is 0 Å². The molecular formula is C19H17BrN2O. The summed E-state index contributed by atoms with van der Waals surface area (Å²) in [5, 5.41) is 4.25. The van der Waals surface area contributed by atoms with Crippen molar-refractivity contribution in [2.24, 2.45) is 0 Å². The summed E-state index contributed by atoms with van der Waals surface area (Å²) < 4.78 is 0.903. The van der Waals surface area contributed by atoms with Crippen molar-refractivity contribution < 1.29 is 4.79 Å². The largest absolute Gasteiger partial charge is 0.358 e. The second kappa shape index (κ2) is 5.24. The molecule has 0 spiro atoms. The first-order valence-electron chi connectivity index (χ1n) is 7.75. The quantitative estimate of drug-likeness (QED) is 0.677. The molecule has 0 saturated heterocycles. The van der Waals surface area contributed by atoms with Gasteiger partial charge in [0.25, 0.3) is 0 Å². The van der Waals surface area contributed by atoms with E-state index >= 15 is 0 Å². The first-order chi connectivity index (χ1) is 11.1. The topological polar surface area (TPSA) is 44.9 Å². The Morgan fingerprint density at radius 3 is 2.57 bits per heavy atom. The number of fused-ring (bicyclic) bond motifs is 1. The van der Waals surface area contributed by atoms with Crippen molar-refractivity contribution in [1.29, 1.82) is 0 Å². The molecule has 1 aliphatic rings. The first kappa shape index (κ1) is 14.5. The van der Waals surface area contributed by atoms with Crippen LogP contribution in [0.4, 0.5) is 5.69 Å². The lowest BCUT2D eigenvalue weighted by Crippen LogP contribution is -2.28. The highest BCUT2D eigenvalue weighted by molar-refractivity contribution is 9.10. The smallest absolute Gasteiger partial charge is 0.235 e. The Hall–Kier alpha value is -2.07. The van der Waals surface area contributed by atoms with Gasteiger partial charge in [0.05, 0.1) is 11.1 Å². The number of carbonyl (C=O) groups is 1. The molecule has 0 radical (unpaired) electrons. The Balaban J connectivity index is 1.74. The number of rotatable bonds is 3. The molecule has 0 bridgehead atoms. The van der Waals surface area contributed by atoms with Crippen LogP contribution in [0.25, 0.3) is 10.9 Å². The second-order valence-corrected chi connectivity index (χ2v) is 7.04. The summed E-state index contributed by atoms with van der Waals surface area (Å²) in [5.74, 6) is 0.0808. The van der Waals surface area contributed by atoms with Gasteiger partial charge in [-0.1, -0.05) is 30.3 Å². The van der Waals surface area contributed by atoms with Crippen molar-refractivity contribution in [3.8, 4) is 0 Å². The number of benzene rings is 2. The second-order valence-electron chi connectivity index (χ2n) is 6.19. The van der Waals surface area contributed by atoms with Crippen LogP contribution in [0.15, 0.2) is 53.0 Å². The van der Waals surface area contributed by atoms with Crippen molar-refractivity contribution in [3.05, 3.63) is 64.3 Å². The van der Waals surface area contributed by atoms with Crippen LogP contribution < -0.4 is 5.32 Å². The van der Waals surface area contributed by atoms with Crippen LogP contribution >= 0.6 is 15.9 Å². The van der Waals surface area contributed by atoms with E-state index in [0.717, 1.165) is 45.2 Å². The van der Waals surface area contributed by atoms with E-state index in [9.17, 15) is 4.79 Å². The molecule has 1 heterocycles. The van der Waals surface area contributed by atoms with E-state index in [0.29, 0.717) is 0 Å². The highest BCUT2D eigenvalue weighted by atomic mass is 79.9. The first-order valence-corrected chi connectivity index (χ1v) is 8.55. The van der Waals surface area contributed by atoms with Gasteiger partial charge < -0.3 is 10.3 Å². The van der Waals surface area contributed by atoms with E-state index in [1.54, 1.807) is 0 Å². The predicted octanol–water partition coefficient (Wildman–Crippen LogP) is 4.91.